The minimum atomic E-state index is -3.68. The Kier molecular flexibility index (Phi) is 5.14. The van der Waals surface area contributed by atoms with Gasteiger partial charge >= 0.3 is 0 Å². The molecule has 0 unspecified atom stereocenters. The van der Waals surface area contributed by atoms with Gasteiger partial charge in [0.1, 0.15) is 10.5 Å². The highest BCUT2D eigenvalue weighted by molar-refractivity contribution is 7.90. The summed E-state index contributed by atoms with van der Waals surface area (Å²) in [7, 11) is -3.68. The molecule has 0 radical (unpaired) electrons. The van der Waals surface area contributed by atoms with E-state index in [-0.39, 0.29) is 16.6 Å². The summed E-state index contributed by atoms with van der Waals surface area (Å²) in [6.45, 7) is 1.39. The van der Waals surface area contributed by atoms with E-state index < -0.39 is 10.0 Å². The van der Waals surface area contributed by atoms with Gasteiger partial charge in [-0.1, -0.05) is 12.1 Å². The topological polar surface area (TPSA) is 108 Å². The molecule has 2 aliphatic heterocycles. The van der Waals surface area contributed by atoms with Crippen LogP contribution in [0.4, 0.5) is 5.69 Å². The first-order chi connectivity index (χ1) is 17.0. The number of nitrogens with zero attached hydrogens (tertiary/aromatic N) is 3. The Balaban J connectivity index is 1.12. The number of anilines is 1. The maximum Gasteiger partial charge on any atom is 0.285 e. The number of aromatic amines is 1. The van der Waals surface area contributed by atoms with E-state index in [0.29, 0.717) is 35.8 Å². The maximum atomic E-state index is 13.1. The van der Waals surface area contributed by atoms with E-state index in [1.165, 1.54) is 5.56 Å². The molecule has 8 nitrogen and oxygen atoms in total. The summed E-state index contributed by atoms with van der Waals surface area (Å²) in [5.74, 6) is 0.686. The third-order valence-corrected chi connectivity index (χ3v) is 8.07. The Morgan fingerprint density at radius 3 is 2.57 bits per heavy atom. The quantitative estimate of drug-likeness (QED) is 0.453. The van der Waals surface area contributed by atoms with E-state index in [1.54, 1.807) is 54.7 Å². The van der Waals surface area contributed by atoms with E-state index in [9.17, 15) is 13.2 Å². The van der Waals surface area contributed by atoms with Gasteiger partial charge in [0, 0.05) is 47.7 Å². The van der Waals surface area contributed by atoms with Gasteiger partial charge in [-0.2, -0.15) is 8.42 Å². The van der Waals surface area contributed by atoms with Crippen molar-refractivity contribution in [3.63, 3.8) is 0 Å². The summed E-state index contributed by atoms with van der Waals surface area (Å²) in [4.78, 5) is 22.8. The standard InChI is InChI=1S/C26H23N5O3S/c32-26(31-14-11-17(12-15-31)22-16-28-24-20(22)5-3-13-27-24)18-7-9-19(10-8-18)29-25-21-4-1-2-6-23(21)35(33,34)30-25/h1-10,13,16-17H,11-12,14-15H2,(H,27,28)(H,29,30). The first-order valence-corrected chi connectivity index (χ1v) is 13.0. The summed E-state index contributed by atoms with van der Waals surface area (Å²) in [6.07, 6.45) is 5.64. The van der Waals surface area contributed by atoms with Crippen molar-refractivity contribution in [3.8, 4) is 0 Å². The lowest BCUT2D eigenvalue weighted by Crippen LogP contribution is -2.37. The second-order valence-electron chi connectivity index (χ2n) is 8.82. The van der Waals surface area contributed by atoms with E-state index in [2.05, 4.69) is 25.7 Å². The molecular formula is C26H23N5O3S. The lowest BCUT2D eigenvalue weighted by Gasteiger charge is -2.32. The van der Waals surface area contributed by atoms with Gasteiger partial charge in [-0.15, -0.1) is 4.40 Å². The van der Waals surface area contributed by atoms with Gasteiger partial charge in [0.05, 0.1) is 0 Å². The van der Waals surface area contributed by atoms with Crippen LogP contribution in [0.5, 0.6) is 0 Å². The van der Waals surface area contributed by atoms with Gasteiger partial charge in [0.2, 0.25) is 0 Å². The number of likely N-dealkylation sites (tertiary alicyclic amines) is 1. The van der Waals surface area contributed by atoms with Crippen LogP contribution in [0.15, 0.2) is 82.4 Å². The van der Waals surface area contributed by atoms with E-state index in [4.69, 9.17) is 0 Å². The Morgan fingerprint density at radius 2 is 1.77 bits per heavy atom. The molecule has 1 fully saturated rings. The molecule has 2 aromatic carbocycles. The summed E-state index contributed by atoms with van der Waals surface area (Å²) >= 11 is 0. The average Bonchev–Trinajstić information content (AvgIpc) is 3.43. The molecule has 2 N–H and O–H groups in total. The number of aromatic nitrogens is 2. The monoisotopic (exact) mass is 485 g/mol. The van der Waals surface area contributed by atoms with Crippen LogP contribution in [-0.2, 0) is 10.0 Å². The van der Waals surface area contributed by atoms with Crippen LogP contribution in [0, 0.1) is 0 Å². The third-order valence-electron chi connectivity index (χ3n) is 6.73. The van der Waals surface area contributed by atoms with Crippen LogP contribution in [0.25, 0.3) is 11.0 Å². The summed E-state index contributed by atoms with van der Waals surface area (Å²) in [5, 5.41) is 4.23. The van der Waals surface area contributed by atoms with E-state index >= 15 is 0 Å². The zero-order valence-corrected chi connectivity index (χ0v) is 19.6. The fourth-order valence-corrected chi connectivity index (χ4v) is 6.10. The maximum absolute atomic E-state index is 13.1. The Morgan fingerprint density at radius 1 is 1.00 bits per heavy atom. The minimum Gasteiger partial charge on any atom is -0.346 e. The van der Waals surface area contributed by atoms with Crippen molar-refractivity contribution in [2.24, 2.45) is 4.40 Å². The first kappa shape index (κ1) is 21.5. The third kappa shape index (κ3) is 3.87. The molecule has 0 atom stereocenters. The highest BCUT2D eigenvalue weighted by atomic mass is 32.2. The molecule has 9 heteroatoms. The number of benzene rings is 2. The Hall–Kier alpha value is -3.98. The number of fused-ring (bicyclic) bond motifs is 2. The molecule has 35 heavy (non-hydrogen) atoms. The average molecular weight is 486 g/mol. The molecule has 4 aromatic rings. The Bertz CT molecular complexity index is 1570. The number of carbonyl (C=O) groups excluding carboxylic acids is 1. The van der Waals surface area contributed by atoms with Gasteiger partial charge in [-0.25, -0.2) is 4.98 Å². The molecule has 1 saturated heterocycles. The number of nitrogens with one attached hydrogen (secondary N) is 2. The van der Waals surface area contributed by atoms with Crippen LogP contribution in [0.1, 0.15) is 40.2 Å². The van der Waals surface area contributed by atoms with Crippen molar-refractivity contribution in [1.82, 2.24) is 14.9 Å². The minimum absolute atomic E-state index is 0.00160. The number of hydrogen-bond acceptors (Lipinski definition) is 5. The van der Waals surface area contributed by atoms with Crippen LogP contribution >= 0.6 is 0 Å². The molecule has 4 heterocycles. The lowest BCUT2D eigenvalue weighted by atomic mass is 9.89. The second kappa shape index (κ2) is 8.35. The van der Waals surface area contributed by atoms with Crippen LogP contribution in [0.2, 0.25) is 0 Å². The normalized spacial score (nSPS) is 17.3. The van der Waals surface area contributed by atoms with Gasteiger partial charge in [-0.05, 0) is 72.9 Å². The Labute approximate surface area is 202 Å². The predicted molar refractivity (Wildman–Crippen MR) is 134 cm³/mol. The first-order valence-electron chi connectivity index (χ1n) is 11.5. The number of rotatable bonds is 3. The molecule has 0 saturated carbocycles. The zero-order chi connectivity index (χ0) is 24.0. The SMILES string of the molecule is O=C(c1ccc(NC2=NS(=O)(=O)c3ccccc32)cc1)N1CCC(c2c[nH]c3ncccc23)CC1. The number of H-pyrrole nitrogens is 1. The predicted octanol–water partition coefficient (Wildman–Crippen LogP) is 4.14. The van der Waals surface area contributed by atoms with Crippen molar-refractivity contribution < 1.29 is 13.2 Å². The zero-order valence-electron chi connectivity index (χ0n) is 18.8. The van der Waals surface area contributed by atoms with Crippen molar-refractivity contribution in [2.75, 3.05) is 18.4 Å². The van der Waals surface area contributed by atoms with Crippen molar-refractivity contribution >= 4 is 38.5 Å². The summed E-state index contributed by atoms with van der Waals surface area (Å²) < 4.78 is 28.4. The van der Waals surface area contributed by atoms with E-state index in [0.717, 1.165) is 23.9 Å². The number of amidine groups is 1. The molecule has 2 aliphatic rings. The molecule has 0 bridgehead atoms. The molecule has 1 amide bonds. The van der Waals surface area contributed by atoms with Crippen LogP contribution in [-0.4, -0.2) is 48.1 Å². The van der Waals surface area contributed by atoms with Crippen molar-refractivity contribution in [1.29, 1.82) is 0 Å². The number of piperidine rings is 1. The molecule has 176 valence electrons. The molecule has 0 spiro atoms. The summed E-state index contributed by atoms with van der Waals surface area (Å²) in [5.41, 5.74) is 3.99. The number of carbonyl (C=O) groups is 1. The lowest BCUT2D eigenvalue weighted by molar-refractivity contribution is 0.0713. The van der Waals surface area contributed by atoms with Crippen LogP contribution < -0.4 is 5.32 Å². The fraction of sp³-hybridized carbons (Fsp3) is 0.192. The van der Waals surface area contributed by atoms with Crippen molar-refractivity contribution in [3.05, 3.63) is 89.7 Å². The van der Waals surface area contributed by atoms with Gasteiger partial charge in [-0.3, -0.25) is 4.79 Å². The number of pyridine rings is 1. The largest absolute Gasteiger partial charge is 0.346 e. The van der Waals surface area contributed by atoms with Crippen molar-refractivity contribution in [2.45, 2.75) is 23.7 Å². The van der Waals surface area contributed by atoms with E-state index in [1.807, 2.05) is 17.2 Å². The van der Waals surface area contributed by atoms with Gasteiger partial charge < -0.3 is 15.2 Å². The fourth-order valence-electron chi connectivity index (χ4n) is 4.92. The molecule has 0 aliphatic carbocycles. The number of sulfonamides is 1. The second-order valence-corrected chi connectivity index (χ2v) is 10.4. The highest BCUT2D eigenvalue weighted by Crippen LogP contribution is 2.33. The van der Waals surface area contributed by atoms with Gasteiger partial charge in [0.25, 0.3) is 15.9 Å². The number of amides is 1. The van der Waals surface area contributed by atoms with Gasteiger partial charge in [0.15, 0.2) is 5.84 Å². The summed E-state index contributed by atoms with van der Waals surface area (Å²) in [6, 6.07) is 17.8. The molecule has 6 rings (SSSR count). The number of hydrogen-bond donors (Lipinski definition) is 2. The smallest absolute Gasteiger partial charge is 0.285 e. The molecule has 2 aromatic heterocycles. The molecular weight excluding hydrogens is 462 g/mol. The van der Waals surface area contributed by atoms with Crippen LogP contribution in [0.3, 0.4) is 0 Å². The highest BCUT2D eigenvalue weighted by Gasteiger charge is 2.29.